The number of ether oxygens (including phenoxy) is 1. The van der Waals surface area contributed by atoms with Gasteiger partial charge in [-0.25, -0.2) is 9.78 Å². The molecule has 0 saturated heterocycles. The number of carboxylic acid groups (broad SMARTS) is 1. The van der Waals surface area contributed by atoms with Crippen LogP contribution in [-0.2, 0) is 0 Å². The van der Waals surface area contributed by atoms with Crippen LogP contribution >= 0.6 is 15.9 Å². The van der Waals surface area contributed by atoms with Crippen LogP contribution in [0.2, 0.25) is 0 Å². The molecule has 0 aliphatic carbocycles. The van der Waals surface area contributed by atoms with Crippen LogP contribution in [0.3, 0.4) is 0 Å². The number of hydrogen-bond acceptors (Lipinski definition) is 3. The van der Waals surface area contributed by atoms with E-state index in [0.717, 1.165) is 5.69 Å². The van der Waals surface area contributed by atoms with Gasteiger partial charge < -0.3 is 9.84 Å². The summed E-state index contributed by atoms with van der Waals surface area (Å²) in [6, 6.07) is 10.1. The molecule has 2 rings (SSSR count). The molecule has 0 spiro atoms. The zero-order valence-corrected chi connectivity index (χ0v) is 11.1. The molecule has 18 heavy (non-hydrogen) atoms. The van der Waals surface area contributed by atoms with Crippen LogP contribution < -0.4 is 4.74 Å². The zero-order valence-electron chi connectivity index (χ0n) is 9.55. The number of carbonyl (C=O) groups is 1. The fourth-order valence-electron chi connectivity index (χ4n) is 1.45. The van der Waals surface area contributed by atoms with Crippen molar-refractivity contribution in [1.29, 1.82) is 0 Å². The lowest BCUT2D eigenvalue weighted by Crippen LogP contribution is -2.00. The second-order valence-electron chi connectivity index (χ2n) is 3.66. The summed E-state index contributed by atoms with van der Waals surface area (Å²) in [6.07, 6.45) is 0. The molecule has 5 heteroatoms. The minimum absolute atomic E-state index is 0.0904. The smallest absolute Gasteiger partial charge is 0.339 e. The van der Waals surface area contributed by atoms with Crippen molar-refractivity contribution < 1.29 is 14.6 Å². The Morgan fingerprint density at radius 3 is 2.78 bits per heavy atom. The summed E-state index contributed by atoms with van der Waals surface area (Å²) in [5.74, 6) is -0.400. The Kier molecular flexibility index (Phi) is 3.62. The van der Waals surface area contributed by atoms with E-state index in [1.807, 2.05) is 13.0 Å². The van der Waals surface area contributed by atoms with Crippen molar-refractivity contribution in [3.05, 3.63) is 52.1 Å². The third-order valence-corrected chi connectivity index (χ3v) is 2.74. The average molecular weight is 308 g/mol. The van der Waals surface area contributed by atoms with E-state index < -0.39 is 5.97 Å². The predicted molar refractivity (Wildman–Crippen MR) is 70.1 cm³/mol. The first-order valence-electron chi connectivity index (χ1n) is 5.20. The second kappa shape index (κ2) is 5.18. The summed E-state index contributed by atoms with van der Waals surface area (Å²) in [6.45, 7) is 1.84. The van der Waals surface area contributed by atoms with E-state index >= 15 is 0 Å². The molecule has 1 N–H and O–H groups in total. The van der Waals surface area contributed by atoms with Gasteiger partial charge in [0.05, 0.1) is 0 Å². The van der Waals surface area contributed by atoms with Crippen LogP contribution in [0.1, 0.15) is 16.1 Å². The molecule has 0 atom stereocenters. The third-order valence-electron chi connectivity index (χ3n) is 2.25. The van der Waals surface area contributed by atoms with Crippen molar-refractivity contribution in [1.82, 2.24) is 4.98 Å². The number of halogens is 1. The van der Waals surface area contributed by atoms with E-state index in [2.05, 4.69) is 20.9 Å². The molecule has 0 fully saturated rings. The van der Waals surface area contributed by atoms with Crippen molar-refractivity contribution in [3.63, 3.8) is 0 Å². The number of hydrogen-bond donors (Lipinski definition) is 1. The number of carboxylic acids is 1. The minimum atomic E-state index is -1.04. The van der Waals surface area contributed by atoms with Crippen LogP contribution in [-0.4, -0.2) is 16.1 Å². The van der Waals surface area contributed by atoms with Crippen molar-refractivity contribution in [3.8, 4) is 11.6 Å². The molecule has 0 bridgehead atoms. The number of rotatable bonds is 3. The summed E-state index contributed by atoms with van der Waals surface area (Å²) in [4.78, 5) is 15.3. The Morgan fingerprint density at radius 2 is 2.11 bits per heavy atom. The average Bonchev–Trinajstić information content (AvgIpc) is 2.31. The van der Waals surface area contributed by atoms with E-state index in [0.29, 0.717) is 10.4 Å². The van der Waals surface area contributed by atoms with Gasteiger partial charge in [-0.1, -0.05) is 22.0 Å². The van der Waals surface area contributed by atoms with Gasteiger partial charge in [0.15, 0.2) is 0 Å². The predicted octanol–water partition coefficient (Wildman–Crippen LogP) is 3.64. The summed E-state index contributed by atoms with van der Waals surface area (Å²) < 4.78 is 6.18. The molecule has 0 unspecified atom stereocenters. The molecular formula is C13H10BrNO3. The van der Waals surface area contributed by atoms with E-state index in [1.54, 1.807) is 24.3 Å². The minimum Gasteiger partial charge on any atom is -0.478 e. The molecule has 92 valence electrons. The molecule has 1 aromatic carbocycles. The lowest BCUT2D eigenvalue weighted by molar-refractivity contribution is 0.0694. The maximum Gasteiger partial charge on any atom is 0.339 e. The number of aryl methyl sites for hydroxylation is 1. The Labute approximate surface area is 112 Å². The Bertz CT molecular complexity index is 599. The van der Waals surface area contributed by atoms with Crippen LogP contribution in [0.15, 0.2) is 40.9 Å². The summed E-state index contributed by atoms with van der Waals surface area (Å²) in [5.41, 5.74) is 0.897. The van der Waals surface area contributed by atoms with Gasteiger partial charge in [-0.2, -0.15) is 0 Å². The number of aromatic nitrogens is 1. The standard InChI is InChI=1S/C13H10BrNO3/c1-8-3-2-4-12(15-8)18-11-6-5-9(14)7-10(11)13(16)17/h2-7H,1H3,(H,16,17). The summed E-state index contributed by atoms with van der Waals surface area (Å²) in [7, 11) is 0. The van der Waals surface area contributed by atoms with Crippen LogP contribution in [0.5, 0.6) is 11.6 Å². The fourth-order valence-corrected chi connectivity index (χ4v) is 1.81. The third kappa shape index (κ3) is 2.87. The topological polar surface area (TPSA) is 59.4 Å². The second-order valence-corrected chi connectivity index (χ2v) is 4.58. The van der Waals surface area contributed by atoms with Gasteiger partial charge in [-0.05, 0) is 31.2 Å². The van der Waals surface area contributed by atoms with Gasteiger partial charge in [-0.15, -0.1) is 0 Å². The first-order valence-corrected chi connectivity index (χ1v) is 6.00. The lowest BCUT2D eigenvalue weighted by Gasteiger charge is -2.08. The normalized spacial score (nSPS) is 10.1. The molecule has 0 aliphatic heterocycles. The zero-order chi connectivity index (χ0) is 13.1. The molecule has 2 aromatic rings. The fraction of sp³-hybridized carbons (Fsp3) is 0.0769. The Hall–Kier alpha value is -1.88. The van der Waals surface area contributed by atoms with Crippen molar-refractivity contribution in [2.75, 3.05) is 0 Å². The monoisotopic (exact) mass is 307 g/mol. The molecule has 0 amide bonds. The van der Waals surface area contributed by atoms with Gasteiger partial charge in [-0.3, -0.25) is 0 Å². The molecular weight excluding hydrogens is 298 g/mol. The highest BCUT2D eigenvalue weighted by Gasteiger charge is 2.13. The van der Waals surface area contributed by atoms with Crippen molar-refractivity contribution >= 4 is 21.9 Å². The number of aromatic carboxylic acids is 1. The number of nitrogens with zero attached hydrogens (tertiary/aromatic N) is 1. The Morgan fingerprint density at radius 1 is 1.33 bits per heavy atom. The maximum atomic E-state index is 11.1. The first-order chi connectivity index (χ1) is 8.56. The van der Waals surface area contributed by atoms with Gasteiger partial charge in [0.25, 0.3) is 0 Å². The molecule has 1 heterocycles. The van der Waals surface area contributed by atoms with Gasteiger partial charge in [0, 0.05) is 16.2 Å². The van der Waals surface area contributed by atoms with Crippen molar-refractivity contribution in [2.45, 2.75) is 6.92 Å². The van der Waals surface area contributed by atoms with Crippen LogP contribution in [0.4, 0.5) is 0 Å². The van der Waals surface area contributed by atoms with E-state index in [-0.39, 0.29) is 11.3 Å². The van der Waals surface area contributed by atoms with E-state index in [1.165, 1.54) is 6.07 Å². The summed E-state index contributed by atoms with van der Waals surface area (Å²) in [5, 5.41) is 9.10. The first kappa shape index (κ1) is 12.6. The number of benzene rings is 1. The van der Waals surface area contributed by atoms with Gasteiger partial charge >= 0.3 is 5.97 Å². The number of pyridine rings is 1. The Balaban J connectivity index is 2.37. The molecule has 4 nitrogen and oxygen atoms in total. The highest BCUT2D eigenvalue weighted by atomic mass is 79.9. The van der Waals surface area contributed by atoms with Crippen LogP contribution in [0, 0.1) is 6.92 Å². The maximum absolute atomic E-state index is 11.1. The quantitative estimate of drug-likeness (QED) is 0.940. The summed E-state index contributed by atoms with van der Waals surface area (Å²) >= 11 is 3.23. The van der Waals surface area contributed by atoms with E-state index in [9.17, 15) is 4.79 Å². The SMILES string of the molecule is Cc1cccc(Oc2ccc(Br)cc2C(=O)O)n1. The van der Waals surface area contributed by atoms with E-state index in [4.69, 9.17) is 9.84 Å². The largest absolute Gasteiger partial charge is 0.478 e. The molecule has 0 aliphatic rings. The van der Waals surface area contributed by atoms with Gasteiger partial charge in [0.1, 0.15) is 11.3 Å². The van der Waals surface area contributed by atoms with Gasteiger partial charge in [0.2, 0.25) is 5.88 Å². The molecule has 1 aromatic heterocycles. The molecule has 0 radical (unpaired) electrons. The lowest BCUT2D eigenvalue weighted by atomic mass is 10.2. The molecule has 0 saturated carbocycles. The van der Waals surface area contributed by atoms with Crippen LogP contribution in [0.25, 0.3) is 0 Å². The highest BCUT2D eigenvalue weighted by Crippen LogP contribution is 2.27. The van der Waals surface area contributed by atoms with Crippen molar-refractivity contribution in [2.24, 2.45) is 0 Å². The highest BCUT2D eigenvalue weighted by molar-refractivity contribution is 9.10.